The SMILES string of the molecule is CSCC[C@H](NC(=O)NCC1CCN(C)C1)C(=O)O. The number of amides is 2. The summed E-state index contributed by atoms with van der Waals surface area (Å²) in [4.78, 5) is 24.9. The van der Waals surface area contributed by atoms with Crippen molar-refractivity contribution < 1.29 is 14.7 Å². The Morgan fingerprint density at radius 2 is 2.26 bits per heavy atom. The Morgan fingerprint density at radius 3 is 2.79 bits per heavy atom. The largest absolute Gasteiger partial charge is 0.480 e. The Morgan fingerprint density at radius 1 is 1.53 bits per heavy atom. The number of aliphatic carboxylic acids is 1. The van der Waals surface area contributed by atoms with Gasteiger partial charge < -0.3 is 20.6 Å². The first-order chi connectivity index (χ1) is 9.02. The zero-order valence-electron chi connectivity index (χ0n) is 11.5. The second-order valence-electron chi connectivity index (χ2n) is 4.94. The summed E-state index contributed by atoms with van der Waals surface area (Å²) >= 11 is 1.57. The van der Waals surface area contributed by atoms with E-state index >= 15 is 0 Å². The molecule has 1 aliphatic rings. The van der Waals surface area contributed by atoms with Crippen molar-refractivity contribution in [1.82, 2.24) is 15.5 Å². The van der Waals surface area contributed by atoms with Crippen LogP contribution in [0.4, 0.5) is 4.79 Å². The number of rotatable bonds is 7. The maximum absolute atomic E-state index is 11.7. The number of carboxylic acid groups (broad SMARTS) is 1. The summed E-state index contributed by atoms with van der Waals surface area (Å²) in [6, 6.07) is -1.19. The molecular weight excluding hydrogens is 266 g/mol. The molecule has 1 fully saturated rings. The Hall–Kier alpha value is -0.950. The molecule has 0 radical (unpaired) electrons. The number of carbonyl (C=O) groups is 2. The highest BCUT2D eigenvalue weighted by Crippen LogP contribution is 2.12. The highest BCUT2D eigenvalue weighted by atomic mass is 32.2. The van der Waals surface area contributed by atoms with E-state index in [-0.39, 0.29) is 6.03 Å². The molecule has 1 rings (SSSR count). The summed E-state index contributed by atoms with van der Waals surface area (Å²) in [7, 11) is 2.06. The van der Waals surface area contributed by atoms with Crippen molar-refractivity contribution in [3.05, 3.63) is 0 Å². The van der Waals surface area contributed by atoms with Crippen LogP contribution in [0.3, 0.4) is 0 Å². The number of thioether (sulfide) groups is 1. The lowest BCUT2D eigenvalue weighted by molar-refractivity contribution is -0.139. The van der Waals surface area contributed by atoms with Gasteiger partial charge in [0.15, 0.2) is 0 Å². The van der Waals surface area contributed by atoms with Crippen LogP contribution in [0.5, 0.6) is 0 Å². The molecule has 0 aromatic carbocycles. The molecule has 1 saturated heterocycles. The third-order valence-corrected chi connectivity index (χ3v) is 3.90. The summed E-state index contributed by atoms with van der Waals surface area (Å²) in [5, 5.41) is 14.3. The van der Waals surface area contributed by atoms with E-state index < -0.39 is 12.0 Å². The van der Waals surface area contributed by atoms with Crippen molar-refractivity contribution in [3.63, 3.8) is 0 Å². The van der Waals surface area contributed by atoms with E-state index in [0.29, 0.717) is 24.6 Å². The summed E-state index contributed by atoms with van der Waals surface area (Å²) in [6.45, 7) is 2.64. The number of nitrogens with zero attached hydrogens (tertiary/aromatic N) is 1. The van der Waals surface area contributed by atoms with Crippen molar-refractivity contribution >= 4 is 23.8 Å². The number of carboxylic acids is 1. The zero-order chi connectivity index (χ0) is 14.3. The van der Waals surface area contributed by atoms with E-state index in [2.05, 4.69) is 22.6 Å². The summed E-state index contributed by atoms with van der Waals surface area (Å²) < 4.78 is 0. The number of urea groups is 1. The second-order valence-corrected chi connectivity index (χ2v) is 5.93. The zero-order valence-corrected chi connectivity index (χ0v) is 12.3. The van der Waals surface area contributed by atoms with Crippen LogP contribution in [-0.2, 0) is 4.79 Å². The number of hydrogen-bond donors (Lipinski definition) is 3. The van der Waals surface area contributed by atoms with E-state index in [1.54, 1.807) is 11.8 Å². The van der Waals surface area contributed by atoms with Gasteiger partial charge in [-0.15, -0.1) is 0 Å². The smallest absolute Gasteiger partial charge is 0.326 e. The van der Waals surface area contributed by atoms with Gasteiger partial charge >= 0.3 is 12.0 Å². The molecule has 19 heavy (non-hydrogen) atoms. The lowest BCUT2D eigenvalue weighted by Crippen LogP contribution is -2.47. The lowest BCUT2D eigenvalue weighted by atomic mass is 10.1. The molecule has 0 saturated carbocycles. The summed E-state index contributed by atoms with van der Waals surface area (Å²) in [5.74, 6) is 0.194. The third-order valence-electron chi connectivity index (χ3n) is 3.25. The summed E-state index contributed by atoms with van der Waals surface area (Å²) in [6.07, 6.45) is 3.43. The van der Waals surface area contributed by atoms with Crippen LogP contribution in [0.2, 0.25) is 0 Å². The van der Waals surface area contributed by atoms with Crippen LogP contribution in [-0.4, -0.2) is 66.7 Å². The Balaban J connectivity index is 2.26. The molecular formula is C12H23N3O3S. The quantitative estimate of drug-likeness (QED) is 0.634. The van der Waals surface area contributed by atoms with Gasteiger partial charge in [-0.3, -0.25) is 0 Å². The van der Waals surface area contributed by atoms with Gasteiger partial charge in [0.25, 0.3) is 0 Å². The molecule has 7 heteroatoms. The topological polar surface area (TPSA) is 81.7 Å². The normalized spacial score (nSPS) is 21.1. The molecule has 6 nitrogen and oxygen atoms in total. The van der Waals surface area contributed by atoms with Crippen molar-refractivity contribution in [1.29, 1.82) is 0 Å². The van der Waals surface area contributed by atoms with Crippen LogP contribution in [0.1, 0.15) is 12.8 Å². The van der Waals surface area contributed by atoms with Crippen LogP contribution >= 0.6 is 11.8 Å². The van der Waals surface area contributed by atoms with Crippen molar-refractivity contribution in [2.24, 2.45) is 5.92 Å². The van der Waals surface area contributed by atoms with Gasteiger partial charge in [0.2, 0.25) is 0 Å². The van der Waals surface area contributed by atoms with Crippen molar-refractivity contribution in [3.8, 4) is 0 Å². The maximum Gasteiger partial charge on any atom is 0.326 e. The van der Waals surface area contributed by atoms with E-state index in [9.17, 15) is 9.59 Å². The molecule has 3 N–H and O–H groups in total. The van der Waals surface area contributed by atoms with E-state index in [4.69, 9.17) is 5.11 Å². The van der Waals surface area contributed by atoms with Gasteiger partial charge in [-0.05, 0) is 44.4 Å². The molecule has 2 atom stereocenters. The first kappa shape index (κ1) is 16.1. The van der Waals surface area contributed by atoms with Gasteiger partial charge in [0.1, 0.15) is 6.04 Å². The van der Waals surface area contributed by atoms with Gasteiger partial charge in [0, 0.05) is 13.1 Å². The Bertz CT molecular complexity index is 315. The Labute approximate surface area is 118 Å². The predicted octanol–water partition coefficient (Wildman–Crippen LogP) is 0.444. The minimum Gasteiger partial charge on any atom is -0.480 e. The Kier molecular flexibility index (Phi) is 7.01. The monoisotopic (exact) mass is 289 g/mol. The molecule has 0 bridgehead atoms. The minimum atomic E-state index is -0.982. The number of likely N-dealkylation sites (tertiary alicyclic amines) is 1. The lowest BCUT2D eigenvalue weighted by Gasteiger charge is -2.16. The summed E-state index contributed by atoms with van der Waals surface area (Å²) in [5.41, 5.74) is 0. The van der Waals surface area contributed by atoms with E-state index in [1.807, 2.05) is 6.26 Å². The predicted molar refractivity (Wildman–Crippen MR) is 76.6 cm³/mol. The van der Waals surface area contributed by atoms with Gasteiger partial charge in [0.05, 0.1) is 0 Å². The molecule has 1 unspecified atom stereocenters. The van der Waals surface area contributed by atoms with Crippen LogP contribution in [0.15, 0.2) is 0 Å². The van der Waals surface area contributed by atoms with Crippen LogP contribution < -0.4 is 10.6 Å². The molecule has 0 aromatic rings. The number of hydrogen-bond acceptors (Lipinski definition) is 4. The first-order valence-corrected chi connectivity index (χ1v) is 7.87. The maximum atomic E-state index is 11.7. The standard InChI is InChI=1S/C12H23N3O3S/c1-15-5-3-9(8-15)7-13-12(18)14-10(11(16)17)4-6-19-2/h9-10H,3-8H2,1-2H3,(H,16,17)(H2,13,14,18)/t9?,10-/m0/s1. The van der Waals surface area contributed by atoms with Crippen LogP contribution in [0.25, 0.3) is 0 Å². The average Bonchev–Trinajstić information content (AvgIpc) is 2.77. The molecule has 1 heterocycles. The molecule has 1 aliphatic heterocycles. The van der Waals surface area contributed by atoms with E-state index in [1.165, 1.54) is 0 Å². The van der Waals surface area contributed by atoms with Gasteiger partial charge in [-0.25, -0.2) is 9.59 Å². The fourth-order valence-corrected chi connectivity index (χ4v) is 2.60. The molecule has 0 aromatic heterocycles. The molecule has 0 spiro atoms. The van der Waals surface area contributed by atoms with Gasteiger partial charge in [-0.1, -0.05) is 0 Å². The molecule has 2 amide bonds. The number of nitrogens with one attached hydrogen (secondary N) is 2. The fraction of sp³-hybridized carbons (Fsp3) is 0.833. The van der Waals surface area contributed by atoms with Crippen molar-refractivity contribution in [2.45, 2.75) is 18.9 Å². The van der Waals surface area contributed by atoms with Crippen molar-refractivity contribution in [2.75, 3.05) is 38.7 Å². The first-order valence-electron chi connectivity index (χ1n) is 6.47. The molecule has 0 aliphatic carbocycles. The minimum absolute atomic E-state index is 0.386. The highest BCUT2D eigenvalue weighted by molar-refractivity contribution is 7.98. The third kappa shape index (κ3) is 6.15. The molecule has 110 valence electrons. The fourth-order valence-electron chi connectivity index (χ4n) is 2.13. The number of carbonyl (C=O) groups excluding carboxylic acids is 1. The average molecular weight is 289 g/mol. The van der Waals surface area contributed by atoms with Crippen LogP contribution in [0, 0.1) is 5.92 Å². The van der Waals surface area contributed by atoms with E-state index in [0.717, 1.165) is 19.5 Å². The highest BCUT2D eigenvalue weighted by Gasteiger charge is 2.22. The second kappa shape index (κ2) is 8.27. The van der Waals surface area contributed by atoms with Gasteiger partial charge in [-0.2, -0.15) is 11.8 Å².